The minimum atomic E-state index is -0.919. The van der Waals surface area contributed by atoms with Gasteiger partial charge in [0.05, 0.1) is 18.7 Å². The number of nitrogens with one attached hydrogen (secondary N) is 3. The van der Waals surface area contributed by atoms with Crippen LogP contribution < -0.4 is 20.9 Å². The normalized spacial score (nSPS) is 19.9. The first-order chi connectivity index (χ1) is 28.1. The number of phenols is 1. The molecule has 4 aliphatic rings. The van der Waals surface area contributed by atoms with Crippen LogP contribution in [0.15, 0.2) is 102 Å². The summed E-state index contributed by atoms with van der Waals surface area (Å²) >= 11 is 0. The molecule has 13 nitrogen and oxygen atoms in total. The Hall–Kier alpha value is -6.02. The Morgan fingerprint density at radius 2 is 1.66 bits per heavy atom. The lowest BCUT2D eigenvalue weighted by Gasteiger charge is -2.50. The summed E-state index contributed by atoms with van der Waals surface area (Å²) in [6.07, 6.45) is 1.05. The van der Waals surface area contributed by atoms with E-state index in [1.807, 2.05) is 48.5 Å². The van der Waals surface area contributed by atoms with Crippen LogP contribution in [0.1, 0.15) is 61.9 Å². The minimum absolute atomic E-state index is 0.0725. The lowest BCUT2D eigenvalue weighted by atomic mass is 9.73. The van der Waals surface area contributed by atoms with Gasteiger partial charge in [0.25, 0.3) is 11.8 Å². The first kappa shape index (κ1) is 38.8. The van der Waals surface area contributed by atoms with Crippen molar-refractivity contribution in [2.45, 2.75) is 43.6 Å². The van der Waals surface area contributed by atoms with Crippen LogP contribution in [0, 0.1) is 5.92 Å². The molecule has 1 aromatic heterocycles. The SMILES string of the molecule is COc1cc(CNC(=O)c2ccc(C(=O)N3CC(C(=O)O[C@H]4CN5CCC4CC5)(c4ccccc4)C3)cc2)ccc1CNC[C@H](O)c1ccc(O)c2[nH]c(=O)ccc12. The largest absolute Gasteiger partial charge is 0.506 e. The third-order valence-corrected chi connectivity index (χ3v) is 11.9. The van der Waals surface area contributed by atoms with Gasteiger partial charge in [-0.05, 0) is 91.0 Å². The van der Waals surface area contributed by atoms with E-state index in [9.17, 15) is 29.4 Å². The number of nitrogens with zero attached hydrogens (tertiary/aromatic N) is 2. The summed E-state index contributed by atoms with van der Waals surface area (Å²) in [4.78, 5) is 58.9. The van der Waals surface area contributed by atoms with Gasteiger partial charge in [0.15, 0.2) is 0 Å². The molecule has 300 valence electrons. The van der Waals surface area contributed by atoms with Crippen LogP contribution in [0.3, 0.4) is 0 Å². The molecule has 0 spiro atoms. The zero-order valence-electron chi connectivity index (χ0n) is 32.3. The van der Waals surface area contributed by atoms with E-state index in [0.29, 0.717) is 40.3 Å². The highest BCUT2D eigenvalue weighted by Crippen LogP contribution is 2.39. The van der Waals surface area contributed by atoms with E-state index in [-0.39, 0.29) is 66.9 Å². The van der Waals surface area contributed by atoms with Gasteiger partial charge in [0.2, 0.25) is 5.56 Å². The molecule has 0 radical (unpaired) electrons. The summed E-state index contributed by atoms with van der Waals surface area (Å²) in [7, 11) is 1.56. The number of fused-ring (bicyclic) bond motifs is 4. The fourth-order valence-corrected chi connectivity index (χ4v) is 8.51. The average Bonchev–Trinajstić information content (AvgIpc) is 3.23. The molecular weight excluding hydrogens is 739 g/mol. The summed E-state index contributed by atoms with van der Waals surface area (Å²) in [5.41, 5.74) is 2.91. The second kappa shape index (κ2) is 16.5. The summed E-state index contributed by atoms with van der Waals surface area (Å²) < 4.78 is 11.8. The topological polar surface area (TPSA) is 174 Å². The lowest BCUT2D eigenvalue weighted by molar-refractivity contribution is -0.171. The fourth-order valence-electron chi connectivity index (χ4n) is 8.51. The van der Waals surface area contributed by atoms with Gasteiger partial charge in [-0.25, -0.2) is 0 Å². The van der Waals surface area contributed by atoms with E-state index in [1.54, 1.807) is 48.4 Å². The number of pyridine rings is 1. The zero-order valence-corrected chi connectivity index (χ0v) is 32.3. The molecule has 5 aromatic rings. The smallest absolute Gasteiger partial charge is 0.320 e. The molecular formula is C45H47N5O8. The predicted octanol–water partition coefficient (Wildman–Crippen LogP) is 4.03. The van der Waals surface area contributed by atoms with Crippen LogP contribution in [0.4, 0.5) is 0 Å². The Labute approximate surface area is 335 Å². The predicted molar refractivity (Wildman–Crippen MR) is 217 cm³/mol. The molecule has 0 aliphatic carbocycles. The Balaban J connectivity index is 0.840. The van der Waals surface area contributed by atoms with Gasteiger partial charge in [-0.3, -0.25) is 24.1 Å². The van der Waals surface area contributed by atoms with Crippen molar-refractivity contribution in [3.63, 3.8) is 0 Å². The highest BCUT2D eigenvalue weighted by atomic mass is 16.5. The molecule has 2 atom stereocenters. The van der Waals surface area contributed by atoms with Gasteiger partial charge in [-0.2, -0.15) is 0 Å². The number of esters is 1. The highest BCUT2D eigenvalue weighted by Gasteiger charge is 2.55. The molecule has 9 rings (SSSR count). The number of carbonyl (C=O) groups is 3. The van der Waals surface area contributed by atoms with E-state index in [4.69, 9.17) is 9.47 Å². The Bertz CT molecular complexity index is 2370. The third-order valence-electron chi connectivity index (χ3n) is 11.9. The number of methoxy groups -OCH3 is 1. The Morgan fingerprint density at radius 1 is 0.914 bits per heavy atom. The number of aliphatic hydroxyl groups is 1. The molecule has 4 aliphatic heterocycles. The zero-order chi connectivity index (χ0) is 40.4. The first-order valence-electron chi connectivity index (χ1n) is 19.7. The van der Waals surface area contributed by atoms with Crippen molar-refractivity contribution >= 4 is 28.7 Å². The van der Waals surface area contributed by atoms with Gasteiger partial charge in [0, 0.05) is 67.4 Å². The Kier molecular flexibility index (Phi) is 11.0. The van der Waals surface area contributed by atoms with Crippen LogP contribution >= 0.6 is 0 Å². The van der Waals surface area contributed by atoms with Gasteiger partial charge >= 0.3 is 5.97 Å². The van der Waals surface area contributed by atoms with Gasteiger partial charge < -0.3 is 40.2 Å². The minimum Gasteiger partial charge on any atom is -0.506 e. The summed E-state index contributed by atoms with van der Waals surface area (Å²) in [6.45, 7) is 4.15. The second-order valence-electron chi connectivity index (χ2n) is 15.5. The standard InChI is InChI=1S/C45H47N5O8/c1-57-38-21-28(7-8-32(38)23-46-24-37(52)34-13-15-36(51)41-35(34)14-16-40(53)48-41)22-47-42(54)30-9-11-31(12-10-30)43(55)50-26-45(27-50,33-5-3-2-4-6-33)44(56)58-39-25-49-19-17-29(39)18-20-49/h2-16,21,29,37,39,46,51-52H,17-20,22-27H2,1H3,(H,47,54)(H,48,53)/t37-,39-/m0/s1. The molecule has 0 saturated carbocycles. The lowest BCUT2D eigenvalue weighted by Crippen LogP contribution is -2.66. The van der Waals surface area contributed by atoms with E-state index >= 15 is 0 Å². The van der Waals surface area contributed by atoms with Gasteiger partial charge in [-0.15, -0.1) is 0 Å². The first-order valence-corrected chi connectivity index (χ1v) is 19.7. The van der Waals surface area contributed by atoms with E-state index in [1.165, 1.54) is 12.1 Å². The van der Waals surface area contributed by atoms with Gasteiger partial charge in [-0.1, -0.05) is 48.5 Å². The van der Waals surface area contributed by atoms with Gasteiger partial charge in [0.1, 0.15) is 23.0 Å². The number of aromatic hydroxyl groups is 1. The van der Waals surface area contributed by atoms with Crippen molar-refractivity contribution in [2.24, 2.45) is 5.92 Å². The molecule has 58 heavy (non-hydrogen) atoms. The summed E-state index contributed by atoms with van der Waals surface area (Å²) in [6, 6.07) is 27.7. The van der Waals surface area contributed by atoms with Crippen molar-refractivity contribution in [2.75, 3.05) is 46.4 Å². The van der Waals surface area contributed by atoms with Crippen LogP contribution in [-0.4, -0.2) is 95.3 Å². The number of hydrogen-bond acceptors (Lipinski definition) is 10. The van der Waals surface area contributed by atoms with Crippen molar-refractivity contribution < 1.29 is 34.1 Å². The molecule has 2 amide bonds. The molecule has 4 saturated heterocycles. The van der Waals surface area contributed by atoms with E-state index in [0.717, 1.165) is 49.2 Å². The third kappa shape index (κ3) is 7.80. The summed E-state index contributed by atoms with van der Waals surface area (Å²) in [5, 5.41) is 27.8. The number of benzene rings is 4. The Morgan fingerprint density at radius 3 is 2.36 bits per heavy atom. The van der Waals surface area contributed by atoms with Crippen LogP contribution in [0.25, 0.3) is 10.9 Å². The number of aromatic amines is 1. The monoisotopic (exact) mass is 785 g/mol. The number of H-pyrrole nitrogens is 1. The van der Waals surface area contributed by atoms with Crippen molar-refractivity contribution in [1.82, 2.24) is 25.4 Å². The molecule has 2 bridgehead atoms. The maximum Gasteiger partial charge on any atom is 0.320 e. The number of phenolic OH excluding ortho intramolecular Hbond substituents is 1. The number of ether oxygens (including phenoxy) is 2. The molecule has 4 aromatic carbocycles. The van der Waals surface area contributed by atoms with Crippen molar-refractivity contribution in [3.05, 3.63) is 141 Å². The molecule has 0 unspecified atom stereocenters. The van der Waals surface area contributed by atoms with Crippen molar-refractivity contribution in [1.29, 1.82) is 0 Å². The molecule has 4 fully saturated rings. The van der Waals surface area contributed by atoms with E-state index in [2.05, 4.69) is 20.5 Å². The number of aliphatic hydroxyl groups excluding tert-OH is 1. The highest BCUT2D eigenvalue weighted by molar-refractivity contribution is 5.99. The maximum absolute atomic E-state index is 13.8. The second-order valence-corrected chi connectivity index (χ2v) is 15.5. The molecule has 5 N–H and O–H groups in total. The van der Waals surface area contributed by atoms with Crippen LogP contribution in [-0.2, 0) is 28.0 Å². The summed E-state index contributed by atoms with van der Waals surface area (Å²) in [5.74, 6) is 0.143. The average molecular weight is 786 g/mol. The number of amides is 2. The molecule has 5 heterocycles. The number of carbonyl (C=O) groups excluding carboxylic acids is 3. The van der Waals surface area contributed by atoms with Crippen LogP contribution in [0.5, 0.6) is 11.5 Å². The fraction of sp³-hybridized carbons (Fsp3) is 0.333. The van der Waals surface area contributed by atoms with Crippen LogP contribution in [0.2, 0.25) is 0 Å². The number of hydrogen-bond donors (Lipinski definition) is 5. The molecule has 13 heteroatoms. The number of piperidine rings is 3. The number of likely N-dealkylation sites (tertiary alicyclic amines) is 1. The number of aromatic nitrogens is 1. The maximum atomic E-state index is 13.8. The quantitative estimate of drug-likeness (QED) is 0.110. The van der Waals surface area contributed by atoms with Crippen molar-refractivity contribution in [3.8, 4) is 11.5 Å². The number of rotatable bonds is 13. The van der Waals surface area contributed by atoms with E-state index < -0.39 is 11.5 Å².